The predicted octanol–water partition coefficient (Wildman–Crippen LogP) is 3.29. The highest BCUT2D eigenvalue weighted by Gasteiger charge is 2.17. The molecule has 29 heavy (non-hydrogen) atoms. The van der Waals surface area contributed by atoms with E-state index in [0.717, 1.165) is 22.5 Å². The Kier molecular flexibility index (Phi) is 5.19. The van der Waals surface area contributed by atoms with Crippen LogP contribution in [0, 0.1) is 5.82 Å². The summed E-state index contributed by atoms with van der Waals surface area (Å²) in [5.74, 6) is 0.0250. The van der Waals surface area contributed by atoms with Gasteiger partial charge in [0.25, 0.3) is 5.56 Å². The molecule has 3 aromatic heterocycles. The fraction of sp³-hybridized carbons (Fsp3) is 0.286. The molecule has 1 aromatic carbocycles. The molecule has 6 nitrogen and oxygen atoms in total. The highest BCUT2D eigenvalue weighted by atomic mass is 32.1. The summed E-state index contributed by atoms with van der Waals surface area (Å²) in [5, 5.41) is 7.15. The third kappa shape index (κ3) is 3.67. The Hall–Kier alpha value is -3.00. The summed E-state index contributed by atoms with van der Waals surface area (Å²) in [6.07, 6.45) is 1.57. The first-order valence-electron chi connectivity index (χ1n) is 9.55. The van der Waals surface area contributed by atoms with Crippen molar-refractivity contribution in [2.75, 3.05) is 0 Å². The fourth-order valence-corrected chi connectivity index (χ4v) is 4.41. The van der Waals surface area contributed by atoms with Gasteiger partial charge in [-0.3, -0.25) is 14.0 Å². The molecule has 0 spiro atoms. The largest absolute Gasteiger partial charge is 0.350 e. The number of hydrogen-bond donors (Lipinski definition) is 1. The van der Waals surface area contributed by atoms with Crippen LogP contribution in [0.25, 0.3) is 15.7 Å². The lowest BCUT2D eigenvalue weighted by molar-refractivity contribution is -0.122. The van der Waals surface area contributed by atoms with Crippen molar-refractivity contribution in [3.8, 4) is 0 Å². The van der Waals surface area contributed by atoms with Crippen molar-refractivity contribution < 1.29 is 9.18 Å². The van der Waals surface area contributed by atoms with Crippen molar-refractivity contribution >= 4 is 33.0 Å². The van der Waals surface area contributed by atoms with Gasteiger partial charge >= 0.3 is 0 Å². The van der Waals surface area contributed by atoms with Gasteiger partial charge in [0, 0.05) is 17.8 Å². The number of carbonyl (C=O) groups is 1. The zero-order chi connectivity index (χ0) is 20.5. The van der Waals surface area contributed by atoms with Crippen LogP contribution < -0.4 is 10.9 Å². The second-order valence-corrected chi connectivity index (χ2v) is 7.99. The summed E-state index contributed by atoms with van der Waals surface area (Å²) < 4.78 is 17.4. The van der Waals surface area contributed by atoms with Gasteiger partial charge in [0.05, 0.1) is 10.2 Å². The predicted molar refractivity (Wildman–Crippen MR) is 112 cm³/mol. The van der Waals surface area contributed by atoms with Gasteiger partial charge in [-0.25, -0.2) is 9.07 Å². The summed E-state index contributed by atoms with van der Waals surface area (Å²) in [7, 11) is 0. The van der Waals surface area contributed by atoms with Crippen molar-refractivity contribution in [2.45, 2.75) is 39.8 Å². The van der Waals surface area contributed by atoms with E-state index >= 15 is 0 Å². The quantitative estimate of drug-likeness (QED) is 0.528. The van der Waals surface area contributed by atoms with Crippen LogP contribution in [0.4, 0.5) is 4.39 Å². The maximum atomic E-state index is 13.3. The Labute approximate surface area is 170 Å². The molecule has 0 aliphatic carbocycles. The van der Waals surface area contributed by atoms with E-state index in [1.165, 1.54) is 21.7 Å². The average Bonchev–Trinajstić information content (AvgIpc) is 3.27. The van der Waals surface area contributed by atoms with E-state index < -0.39 is 0 Å². The Morgan fingerprint density at radius 2 is 2.00 bits per heavy atom. The van der Waals surface area contributed by atoms with Crippen LogP contribution in [0.2, 0.25) is 0 Å². The standard InChI is InChI=1S/C21H21FN4O2S/c1-3-15-9-16-18(29-15)10-17-21(28)25(24-19(4-2)26(16)17)12-20(27)23-11-13-6-5-7-14(22)8-13/h5-10H,3-4,11-12H2,1-2H3,(H,23,27). The van der Waals surface area contributed by atoms with E-state index in [2.05, 4.69) is 23.4 Å². The lowest BCUT2D eigenvalue weighted by Gasteiger charge is -2.10. The van der Waals surface area contributed by atoms with Crippen LogP contribution in [0.3, 0.4) is 0 Å². The number of hydrogen-bond acceptors (Lipinski definition) is 4. The van der Waals surface area contributed by atoms with Crippen LogP contribution in [0.5, 0.6) is 0 Å². The second-order valence-electron chi connectivity index (χ2n) is 6.82. The van der Waals surface area contributed by atoms with Gasteiger partial charge in [0.2, 0.25) is 5.91 Å². The molecule has 4 aromatic rings. The van der Waals surface area contributed by atoms with Gasteiger partial charge in [0.15, 0.2) is 0 Å². The smallest absolute Gasteiger partial charge is 0.291 e. The molecule has 4 rings (SSSR count). The van der Waals surface area contributed by atoms with Crippen LogP contribution >= 0.6 is 11.3 Å². The number of aryl methyl sites for hydroxylation is 2. The number of aromatic nitrogens is 3. The molecule has 0 unspecified atom stereocenters. The van der Waals surface area contributed by atoms with Gasteiger partial charge in [0.1, 0.15) is 23.7 Å². The molecule has 0 radical (unpaired) electrons. The van der Waals surface area contributed by atoms with Crippen molar-refractivity contribution in [1.82, 2.24) is 19.5 Å². The molecule has 0 fully saturated rings. The molecule has 1 amide bonds. The minimum Gasteiger partial charge on any atom is -0.350 e. The van der Waals surface area contributed by atoms with Gasteiger partial charge < -0.3 is 5.32 Å². The molecule has 0 aliphatic rings. The SMILES string of the molecule is CCc1cc2c(cc3c(=O)n(CC(=O)NCc4cccc(F)c4)nc(CC)n32)s1. The molecule has 0 saturated carbocycles. The Bertz CT molecular complexity index is 1270. The van der Waals surface area contributed by atoms with Gasteiger partial charge in [-0.2, -0.15) is 5.10 Å². The summed E-state index contributed by atoms with van der Waals surface area (Å²) in [4.78, 5) is 26.5. The molecule has 3 heterocycles. The van der Waals surface area contributed by atoms with E-state index in [0.29, 0.717) is 17.5 Å². The lowest BCUT2D eigenvalue weighted by Crippen LogP contribution is -2.35. The zero-order valence-corrected chi connectivity index (χ0v) is 17.1. The highest BCUT2D eigenvalue weighted by molar-refractivity contribution is 7.19. The van der Waals surface area contributed by atoms with E-state index in [1.807, 2.05) is 17.4 Å². The highest BCUT2D eigenvalue weighted by Crippen LogP contribution is 2.29. The summed E-state index contributed by atoms with van der Waals surface area (Å²) in [6.45, 7) is 4.08. The first kappa shape index (κ1) is 19.3. The van der Waals surface area contributed by atoms with Crippen LogP contribution in [0.1, 0.15) is 30.1 Å². The summed E-state index contributed by atoms with van der Waals surface area (Å²) in [6, 6.07) is 10.0. The van der Waals surface area contributed by atoms with Gasteiger partial charge in [-0.15, -0.1) is 11.3 Å². The molecular weight excluding hydrogens is 391 g/mol. The number of thiophene rings is 1. The fourth-order valence-electron chi connectivity index (χ4n) is 3.39. The molecule has 150 valence electrons. The summed E-state index contributed by atoms with van der Waals surface area (Å²) >= 11 is 1.67. The number of rotatable bonds is 6. The van der Waals surface area contributed by atoms with Crippen molar-refractivity contribution in [3.63, 3.8) is 0 Å². The number of benzene rings is 1. The molecule has 8 heteroatoms. The zero-order valence-electron chi connectivity index (χ0n) is 16.2. The average molecular weight is 412 g/mol. The molecular formula is C21H21FN4O2S. The molecule has 0 atom stereocenters. The monoisotopic (exact) mass is 412 g/mol. The van der Waals surface area contributed by atoms with Crippen LogP contribution in [-0.4, -0.2) is 20.1 Å². The van der Waals surface area contributed by atoms with E-state index in [1.54, 1.807) is 23.5 Å². The van der Waals surface area contributed by atoms with Crippen molar-refractivity contribution in [3.05, 3.63) is 68.8 Å². The van der Waals surface area contributed by atoms with E-state index in [-0.39, 0.29) is 30.4 Å². The Balaban J connectivity index is 1.62. The number of nitrogens with zero attached hydrogens (tertiary/aromatic N) is 3. The summed E-state index contributed by atoms with van der Waals surface area (Å²) in [5.41, 5.74) is 1.87. The second kappa shape index (κ2) is 7.79. The molecule has 0 bridgehead atoms. The first-order valence-corrected chi connectivity index (χ1v) is 10.4. The van der Waals surface area contributed by atoms with Crippen molar-refractivity contribution in [2.24, 2.45) is 0 Å². The van der Waals surface area contributed by atoms with Crippen LogP contribution in [0.15, 0.2) is 41.2 Å². The number of amides is 1. The van der Waals surface area contributed by atoms with E-state index in [4.69, 9.17) is 0 Å². The third-order valence-electron chi connectivity index (χ3n) is 4.83. The Morgan fingerprint density at radius 3 is 2.72 bits per heavy atom. The molecule has 1 N–H and O–H groups in total. The minimum atomic E-state index is -0.355. The normalized spacial score (nSPS) is 11.4. The third-order valence-corrected chi connectivity index (χ3v) is 6.04. The van der Waals surface area contributed by atoms with E-state index in [9.17, 15) is 14.0 Å². The number of nitrogens with one attached hydrogen (secondary N) is 1. The topological polar surface area (TPSA) is 68.4 Å². The molecule has 0 saturated heterocycles. The lowest BCUT2D eigenvalue weighted by atomic mass is 10.2. The maximum Gasteiger partial charge on any atom is 0.291 e. The minimum absolute atomic E-state index is 0.184. The first-order chi connectivity index (χ1) is 14.0. The molecule has 0 aliphatic heterocycles. The van der Waals surface area contributed by atoms with Gasteiger partial charge in [-0.05, 0) is 36.2 Å². The van der Waals surface area contributed by atoms with Crippen molar-refractivity contribution in [1.29, 1.82) is 0 Å². The maximum absolute atomic E-state index is 13.3. The number of fused-ring (bicyclic) bond motifs is 3. The number of halogens is 1. The number of carbonyl (C=O) groups excluding carboxylic acids is 1. The van der Waals surface area contributed by atoms with Crippen LogP contribution in [-0.2, 0) is 30.7 Å². The van der Waals surface area contributed by atoms with Gasteiger partial charge in [-0.1, -0.05) is 26.0 Å². The Morgan fingerprint density at radius 1 is 1.17 bits per heavy atom.